The van der Waals surface area contributed by atoms with Gasteiger partial charge in [0.15, 0.2) is 0 Å². The predicted octanol–water partition coefficient (Wildman–Crippen LogP) is 2.59. The van der Waals surface area contributed by atoms with Crippen molar-refractivity contribution in [3.05, 3.63) is 53.6 Å². The van der Waals surface area contributed by atoms with E-state index < -0.39 is 5.91 Å². The molecule has 22 heavy (non-hydrogen) atoms. The van der Waals surface area contributed by atoms with Crippen LogP contribution < -0.4 is 20.5 Å². The molecule has 0 aliphatic heterocycles. The number of ether oxygens (including phenoxy) is 2. The Kier molecular flexibility index (Phi) is 5.25. The molecule has 0 aliphatic carbocycles. The number of carbonyl (C=O) groups excluding carboxylic acids is 1. The summed E-state index contributed by atoms with van der Waals surface area (Å²) < 4.78 is 10.7. The molecule has 5 heteroatoms. The summed E-state index contributed by atoms with van der Waals surface area (Å²) >= 11 is 0. The molecular weight excluding hydrogens is 280 g/mol. The Bertz CT molecular complexity index is 639. The number of hydrogen-bond donors (Lipinski definition) is 2. The van der Waals surface area contributed by atoms with Gasteiger partial charge >= 0.3 is 0 Å². The highest BCUT2D eigenvalue weighted by Gasteiger charge is 2.07. The number of anilines is 1. The number of benzene rings is 2. The van der Waals surface area contributed by atoms with Crippen LogP contribution in [0, 0.1) is 6.92 Å². The standard InChI is InChI=1S/C17H20N2O3/c1-12-15(17(18)20)4-3-5-16(12)19-10-11-22-14-8-6-13(21-2)7-9-14/h3-9,19H,10-11H2,1-2H3,(H2,18,20). The number of hydrogen-bond acceptors (Lipinski definition) is 4. The molecule has 0 saturated carbocycles. The molecule has 2 rings (SSSR count). The summed E-state index contributed by atoms with van der Waals surface area (Å²) in [5.74, 6) is 1.16. The molecule has 1 amide bonds. The number of nitrogens with one attached hydrogen (secondary N) is 1. The van der Waals surface area contributed by atoms with Crippen LogP contribution in [0.3, 0.4) is 0 Å². The van der Waals surface area contributed by atoms with E-state index in [2.05, 4.69) is 5.32 Å². The van der Waals surface area contributed by atoms with Crippen LogP contribution in [0.2, 0.25) is 0 Å². The average molecular weight is 300 g/mol. The van der Waals surface area contributed by atoms with Crippen molar-refractivity contribution in [2.24, 2.45) is 5.73 Å². The summed E-state index contributed by atoms with van der Waals surface area (Å²) in [5, 5.41) is 3.24. The van der Waals surface area contributed by atoms with Gasteiger partial charge in [0, 0.05) is 17.8 Å². The Balaban J connectivity index is 1.86. The van der Waals surface area contributed by atoms with Gasteiger partial charge in [-0.05, 0) is 48.9 Å². The zero-order chi connectivity index (χ0) is 15.9. The van der Waals surface area contributed by atoms with Crippen LogP contribution in [0.5, 0.6) is 11.5 Å². The summed E-state index contributed by atoms with van der Waals surface area (Å²) in [6, 6.07) is 12.9. The molecule has 2 aromatic rings. The van der Waals surface area contributed by atoms with Gasteiger partial charge in [-0.15, -0.1) is 0 Å². The molecule has 3 N–H and O–H groups in total. The van der Waals surface area contributed by atoms with Gasteiger partial charge in [-0.1, -0.05) is 6.07 Å². The van der Waals surface area contributed by atoms with E-state index in [9.17, 15) is 4.79 Å². The molecule has 0 aliphatic rings. The Morgan fingerprint density at radius 1 is 1.14 bits per heavy atom. The van der Waals surface area contributed by atoms with Gasteiger partial charge in [0.2, 0.25) is 5.91 Å². The summed E-state index contributed by atoms with van der Waals surface area (Å²) in [5.41, 5.74) is 7.60. The lowest BCUT2D eigenvalue weighted by atomic mass is 10.1. The maximum absolute atomic E-state index is 11.3. The van der Waals surface area contributed by atoms with E-state index in [0.717, 1.165) is 22.7 Å². The Hall–Kier alpha value is -2.69. The third kappa shape index (κ3) is 3.91. The Labute approximate surface area is 130 Å². The zero-order valence-corrected chi connectivity index (χ0v) is 12.8. The van der Waals surface area contributed by atoms with Crippen molar-refractivity contribution >= 4 is 11.6 Å². The number of methoxy groups -OCH3 is 1. The van der Waals surface area contributed by atoms with Crippen LogP contribution in [0.1, 0.15) is 15.9 Å². The number of primary amides is 1. The molecule has 2 aromatic carbocycles. The Morgan fingerprint density at radius 2 is 1.82 bits per heavy atom. The summed E-state index contributed by atoms with van der Waals surface area (Å²) in [7, 11) is 1.63. The highest BCUT2D eigenvalue weighted by molar-refractivity contribution is 5.95. The van der Waals surface area contributed by atoms with Gasteiger partial charge in [-0.2, -0.15) is 0 Å². The fourth-order valence-electron chi connectivity index (χ4n) is 2.12. The second kappa shape index (κ2) is 7.36. The van der Waals surface area contributed by atoms with Gasteiger partial charge in [0.05, 0.1) is 7.11 Å². The monoisotopic (exact) mass is 300 g/mol. The van der Waals surface area contributed by atoms with Gasteiger partial charge in [-0.25, -0.2) is 0 Å². The molecule has 116 valence electrons. The minimum Gasteiger partial charge on any atom is -0.497 e. The van der Waals surface area contributed by atoms with E-state index in [1.807, 2.05) is 37.3 Å². The zero-order valence-electron chi connectivity index (χ0n) is 12.8. The van der Waals surface area contributed by atoms with E-state index in [4.69, 9.17) is 15.2 Å². The van der Waals surface area contributed by atoms with E-state index in [-0.39, 0.29) is 0 Å². The van der Waals surface area contributed by atoms with Crippen molar-refractivity contribution in [1.29, 1.82) is 0 Å². The first kappa shape index (κ1) is 15.7. The maximum atomic E-state index is 11.3. The molecule has 0 radical (unpaired) electrons. The average Bonchev–Trinajstić information content (AvgIpc) is 2.53. The third-order valence-corrected chi connectivity index (χ3v) is 3.34. The van der Waals surface area contributed by atoms with E-state index in [1.165, 1.54) is 0 Å². The fourth-order valence-corrected chi connectivity index (χ4v) is 2.12. The second-order valence-corrected chi connectivity index (χ2v) is 4.79. The molecule has 5 nitrogen and oxygen atoms in total. The smallest absolute Gasteiger partial charge is 0.249 e. The van der Waals surface area contributed by atoms with E-state index in [0.29, 0.717) is 18.7 Å². The second-order valence-electron chi connectivity index (χ2n) is 4.79. The molecular formula is C17H20N2O3. The van der Waals surface area contributed by atoms with Crippen molar-refractivity contribution in [2.45, 2.75) is 6.92 Å². The predicted molar refractivity (Wildman–Crippen MR) is 86.7 cm³/mol. The topological polar surface area (TPSA) is 73.6 Å². The minimum absolute atomic E-state index is 0.421. The van der Waals surface area contributed by atoms with E-state index in [1.54, 1.807) is 19.2 Å². The largest absolute Gasteiger partial charge is 0.497 e. The number of nitrogens with two attached hydrogens (primary N) is 1. The van der Waals surface area contributed by atoms with Gasteiger partial charge in [-0.3, -0.25) is 4.79 Å². The molecule has 0 unspecified atom stereocenters. The van der Waals surface area contributed by atoms with Gasteiger partial charge in [0.25, 0.3) is 0 Å². The number of rotatable bonds is 7. The SMILES string of the molecule is COc1ccc(OCCNc2cccc(C(N)=O)c2C)cc1. The molecule has 0 saturated heterocycles. The fraction of sp³-hybridized carbons (Fsp3) is 0.235. The van der Waals surface area contributed by atoms with Crippen molar-refractivity contribution in [2.75, 3.05) is 25.6 Å². The molecule has 0 fully saturated rings. The van der Waals surface area contributed by atoms with Crippen molar-refractivity contribution in [3.63, 3.8) is 0 Å². The van der Waals surface area contributed by atoms with Crippen LogP contribution in [-0.4, -0.2) is 26.2 Å². The first-order chi connectivity index (χ1) is 10.6. The number of amides is 1. The number of carbonyl (C=O) groups is 1. The first-order valence-corrected chi connectivity index (χ1v) is 7.02. The lowest BCUT2D eigenvalue weighted by Crippen LogP contribution is -2.16. The molecule has 0 bridgehead atoms. The van der Waals surface area contributed by atoms with Crippen LogP contribution >= 0.6 is 0 Å². The van der Waals surface area contributed by atoms with Crippen LogP contribution in [0.15, 0.2) is 42.5 Å². The van der Waals surface area contributed by atoms with Crippen LogP contribution in [0.25, 0.3) is 0 Å². The summed E-state index contributed by atoms with van der Waals surface area (Å²) in [6.45, 7) is 2.99. The Morgan fingerprint density at radius 3 is 2.45 bits per heavy atom. The van der Waals surface area contributed by atoms with Crippen molar-refractivity contribution in [3.8, 4) is 11.5 Å². The lowest BCUT2D eigenvalue weighted by molar-refractivity contribution is 0.1000. The normalized spacial score (nSPS) is 10.1. The van der Waals surface area contributed by atoms with Crippen LogP contribution in [0.4, 0.5) is 5.69 Å². The van der Waals surface area contributed by atoms with Crippen LogP contribution in [-0.2, 0) is 0 Å². The summed E-state index contributed by atoms with van der Waals surface area (Å²) in [6.07, 6.45) is 0. The van der Waals surface area contributed by atoms with Gasteiger partial charge in [0.1, 0.15) is 18.1 Å². The van der Waals surface area contributed by atoms with Crippen molar-refractivity contribution in [1.82, 2.24) is 0 Å². The minimum atomic E-state index is -0.421. The molecule has 0 aromatic heterocycles. The maximum Gasteiger partial charge on any atom is 0.249 e. The van der Waals surface area contributed by atoms with Crippen molar-refractivity contribution < 1.29 is 14.3 Å². The molecule has 0 atom stereocenters. The first-order valence-electron chi connectivity index (χ1n) is 7.02. The molecule has 0 heterocycles. The summed E-state index contributed by atoms with van der Waals surface area (Å²) in [4.78, 5) is 11.3. The van der Waals surface area contributed by atoms with E-state index >= 15 is 0 Å². The third-order valence-electron chi connectivity index (χ3n) is 3.34. The van der Waals surface area contributed by atoms with Gasteiger partial charge < -0.3 is 20.5 Å². The highest BCUT2D eigenvalue weighted by Crippen LogP contribution is 2.19. The highest BCUT2D eigenvalue weighted by atomic mass is 16.5. The molecule has 0 spiro atoms. The quantitative estimate of drug-likeness (QED) is 0.771. The lowest BCUT2D eigenvalue weighted by Gasteiger charge is -2.12.